The highest BCUT2D eigenvalue weighted by Crippen LogP contribution is 2.23. The lowest BCUT2D eigenvalue weighted by Gasteiger charge is -2.22. The zero-order valence-electron chi connectivity index (χ0n) is 17.3. The van der Waals surface area contributed by atoms with Crippen LogP contribution >= 0.6 is 0 Å². The van der Waals surface area contributed by atoms with E-state index in [4.69, 9.17) is 9.47 Å². The molecule has 0 radical (unpaired) electrons. The van der Waals surface area contributed by atoms with E-state index < -0.39 is 16.0 Å². The summed E-state index contributed by atoms with van der Waals surface area (Å²) in [6.07, 6.45) is 1.54. The second kappa shape index (κ2) is 10.6. The first-order valence-electron chi connectivity index (χ1n) is 9.43. The molecule has 0 saturated heterocycles. The number of esters is 1. The first-order chi connectivity index (χ1) is 14.2. The molecular weight excluding hydrogens is 408 g/mol. The summed E-state index contributed by atoms with van der Waals surface area (Å²) in [6, 6.07) is 13.2. The maximum atomic E-state index is 12.3. The summed E-state index contributed by atoms with van der Waals surface area (Å²) in [5.41, 5.74) is 1.29. The van der Waals surface area contributed by atoms with Gasteiger partial charge in [0.05, 0.1) is 31.2 Å². The van der Waals surface area contributed by atoms with E-state index in [0.717, 1.165) is 6.26 Å². The van der Waals surface area contributed by atoms with Gasteiger partial charge in [0.1, 0.15) is 5.75 Å². The summed E-state index contributed by atoms with van der Waals surface area (Å²) in [6.45, 7) is 2.12. The molecule has 0 aliphatic carbocycles. The Balaban J connectivity index is 1.98. The van der Waals surface area contributed by atoms with Crippen molar-refractivity contribution in [2.45, 2.75) is 19.8 Å². The molecule has 0 atom stereocenters. The highest BCUT2D eigenvalue weighted by atomic mass is 32.2. The highest BCUT2D eigenvalue weighted by Gasteiger charge is 2.18. The molecule has 1 amide bonds. The number of nitrogens with zero attached hydrogens (tertiary/aromatic N) is 1. The van der Waals surface area contributed by atoms with Crippen LogP contribution < -0.4 is 14.4 Å². The first kappa shape index (κ1) is 23.2. The van der Waals surface area contributed by atoms with Gasteiger partial charge in [0.15, 0.2) is 0 Å². The number of anilines is 2. The normalized spacial score (nSPS) is 10.9. The minimum atomic E-state index is -3.53. The number of rotatable bonds is 10. The van der Waals surface area contributed by atoms with Crippen molar-refractivity contribution in [2.75, 3.05) is 36.1 Å². The quantitative estimate of drug-likeness (QED) is 0.577. The van der Waals surface area contributed by atoms with Gasteiger partial charge in [-0.15, -0.1) is 0 Å². The fourth-order valence-corrected chi connectivity index (χ4v) is 3.75. The number of benzene rings is 2. The van der Waals surface area contributed by atoms with Crippen LogP contribution in [0.2, 0.25) is 0 Å². The number of sulfonamides is 1. The first-order valence-corrected chi connectivity index (χ1v) is 11.3. The number of amides is 1. The molecule has 9 heteroatoms. The molecule has 0 aliphatic heterocycles. The van der Waals surface area contributed by atoms with Crippen molar-refractivity contribution in [3.63, 3.8) is 0 Å². The Morgan fingerprint density at radius 1 is 1.10 bits per heavy atom. The third kappa shape index (κ3) is 6.77. The Morgan fingerprint density at radius 2 is 1.83 bits per heavy atom. The SMILES string of the molecule is CCOC(=O)c1cccc(NC(=O)CCCN(c2cccc(OC)c2)S(C)(=O)=O)c1. The number of hydrogen-bond donors (Lipinski definition) is 1. The Bertz CT molecular complexity index is 990. The lowest BCUT2D eigenvalue weighted by molar-refractivity contribution is -0.116. The van der Waals surface area contributed by atoms with Crippen LogP contribution in [0, 0.1) is 0 Å². The van der Waals surface area contributed by atoms with Crippen LogP contribution in [0.3, 0.4) is 0 Å². The van der Waals surface area contributed by atoms with Crippen LogP contribution in [0.5, 0.6) is 5.75 Å². The summed E-state index contributed by atoms with van der Waals surface area (Å²) >= 11 is 0. The largest absolute Gasteiger partial charge is 0.497 e. The zero-order chi connectivity index (χ0) is 22.1. The van der Waals surface area contributed by atoms with Gasteiger partial charge < -0.3 is 14.8 Å². The van der Waals surface area contributed by atoms with Gasteiger partial charge >= 0.3 is 5.97 Å². The molecule has 0 saturated carbocycles. The minimum absolute atomic E-state index is 0.111. The second-order valence-electron chi connectivity index (χ2n) is 6.49. The monoisotopic (exact) mass is 434 g/mol. The third-order valence-electron chi connectivity index (χ3n) is 4.16. The summed E-state index contributed by atoms with van der Waals surface area (Å²) < 4.78 is 35.7. The van der Waals surface area contributed by atoms with Gasteiger partial charge in [0.2, 0.25) is 15.9 Å². The van der Waals surface area contributed by atoms with Gasteiger partial charge in [-0.05, 0) is 43.7 Å². The average Bonchev–Trinajstić information content (AvgIpc) is 2.70. The van der Waals surface area contributed by atoms with E-state index in [9.17, 15) is 18.0 Å². The maximum absolute atomic E-state index is 12.3. The van der Waals surface area contributed by atoms with E-state index in [1.807, 2.05) is 0 Å². The molecule has 0 spiro atoms. The van der Waals surface area contributed by atoms with Crippen molar-refractivity contribution in [1.29, 1.82) is 0 Å². The number of carbonyl (C=O) groups is 2. The number of methoxy groups -OCH3 is 1. The average molecular weight is 435 g/mol. The molecular formula is C21H26N2O6S. The lowest BCUT2D eigenvalue weighted by Crippen LogP contribution is -2.31. The highest BCUT2D eigenvalue weighted by molar-refractivity contribution is 7.92. The molecule has 0 bridgehead atoms. The van der Waals surface area contributed by atoms with Crippen molar-refractivity contribution in [3.8, 4) is 5.75 Å². The predicted octanol–water partition coefficient (Wildman–Crippen LogP) is 3.06. The summed E-state index contributed by atoms with van der Waals surface area (Å²) in [5, 5.41) is 2.72. The number of hydrogen-bond acceptors (Lipinski definition) is 6. The molecule has 0 aromatic heterocycles. The molecule has 1 N–H and O–H groups in total. The summed E-state index contributed by atoms with van der Waals surface area (Å²) in [5.74, 6) is -0.203. The lowest BCUT2D eigenvalue weighted by atomic mass is 10.2. The smallest absolute Gasteiger partial charge is 0.338 e. The molecule has 0 aliphatic rings. The molecule has 0 fully saturated rings. The van der Waals surface area contributed by atoms with E-state index in [2.05, 4.69) is 5.32 Å². The molecule has 2 rings (SSSR count). The third-order valence-corrected chi connectivity index (χ3v) is 5.36. The van der Waals surface area contributed by atoms with Gasteiger partial charge in [-0.1, -0.05) is 12.1 Å². The van der Waals surface area contributed by atoms with Crippen LogP contribution in [0.25, 0.3) is 0 Å². The van der Waals surface area contributed by atoms with E-state index in [1.165, 1.54) is 17.5 Å². The van der Waals surface area contributed by atoms with Crippen LogP contribution in [0.15, 0.2) is 48.5 Å². The van der Waals surface area contributed by atoms with Crippen LogP contribution in [-0.4, -0.2) is 46.8 Å². The Morgan fingerprint density at radius 3 is 2.50 bits per heavy atom. The molecule has 0 unspecified atom stereocenters. The molecule has 30 heavy (non-hydrogen) atoms. The molecule has 162 valence electrons. The standard InChI is InChI=1S/C21H26N2O6S/c1-4-29-21(25)16-8-5-9-17(14-16)22-20(24)12-7-13-23(30(3,26)27)18-10-6-11-19(15-18)28-2/h5-6,8-11,14-15H,4,7,12-13H2,1-3H3,(H,22,24). The topological polar surface area (TPSA) is 102 Å². The van der Waals surface area contributed by atoms with E-state index >= 15 is 0 Å². The van der Waals surface area contributed by atoms with Crippen LogP contribution in [-0.2, 0) is 19.6 Å². The van der Waals surface area contributed by atoms with Crippen LogP contribution in [0.1, 0.15) is 30.1 Å². The van der Waals surface area contributed by atoms with Crippen molar-refractivity contribution in [1.82, 2.24) is 0 Å². The van der Waals surface area contributed by atoms with Crippen LogP contribution in [0.4, 0.5) is 11.4 Å². The number of ether oxygens (including phenoxy) is 2. The fourth-order valence-electron chi connectivity index (χ4n) is 2.80. The molecule has 2 aromatic carbocycles. The summed E-state index contributed by atoms with van der Waals surface area (Å²) in [4.78, 5) is 24.1. The van der Waals surface area contributed by atoms with E-state index in [1.54, 1.807) is 49.4 Å². The van der Waals surface area contributed by atoms with Gasteiger partial charge in [0, 0.05) is 24.7 Å². The van der Waals surface area contributed by atoms with Crippen molar-refractivity contribution in [2.24, 2.45) is 0 Å². The Kier molecular flexibility index (Phi) is 8.23. The Labute approximate surface area is 176 Å². The van der Waals surface area contributed by atoms with Crippen molar-refractivity contribution < 1.29 is 27.5 Å². The fraction of sp³-hybridized carbons (Fsp3) is 0.333. The minimum Gasteiger partial charge on any atom is -0.497 e. The molecule has 2 aromatic rings. The molecule has 0 heterocycles. The zero-order valence-corrected chi connectivity index (χ0v) is 18.1. The van der Waals surface area contributed by atoms with Gasteiger partial charge in [-0.25, -0.2) is 13.2 Å². The second-order valence-corrected chi connectivity index (χ2v) is 8.40. The van der Waals surface area contributed by atoms with Crippen molar-refractivity contribution >= 4 is 33.3 Å². The van der Waals surface area contributed by atoms with Gasteiger partial charge in [-0.3, -0.25) is 9.10 Å². The van der Waals surface area contributed by atoms with Gasteiger partial charge in [0.25, 0.3) is 0 Å². The van der Waals surface area contributed by atoms with Crippen molar-refractivity contribution in [3.05, 3.63) is 54.1 Å². The van der Waals surface area contributed by atoms with E-state index in [-0.39, 0.29) is 25.5 Å². The number of nitrogens with one attached hydrogen (secondary N) is 1. The predicted molar refractivity (Wildman–Crippen MR) is 115 cm³/mol. The molecule has 8 nitrogen and oxygen atoms in total. The number of carbonyl (C=O) groups excluding carboxylic acids is 2. The van der Waals surface area contributed by atoms with Gasteiger partial charge in [-0.2, -0.15) is 0 Å². The maximum Gasteiger partial charge on any atom is 0.338 e. The summed E-state index contributed by atoms with van der Waals surface area (Å²) in [7, 11) is -2.02. The van der Waals surface area contributed by atoms with E-state index in [0.29, 0.717) is 29.1 Å². The Hall–Kier alpha value is -3.07.